The Morgan fingerprint density at radius 2 is 2.17 bits per heavy atom. The molecule has 0 spiro atoms. The van der Waals surface area contributed by atoms with Crippen molar-refractivity contribution in [3.63, 3.8) is 0 Å². The fraction of sp³-hybridized carbons (Fsp3) is 0.385. The number of likely N-dealkylation sites (tertiary alicyclic amines) is 1. The highest BCUT2D eigenvalue weighted by atomic mass is 79.9. The van der Waals surface area contributed by atoms with E-state index in [1.165, 1.54) is 0 Å². The van der Waals surface area contributed by atoms with Gasteiger partial charge >= 0.3 is 5.97 Å². The molecule has 2 rings (SSSR count). The van der Waals surface area contributed by atoms with Gasteiger partial charge in [-0.25, -0.2) is 4.79 Å². The van der Waals surface area contributed by atoms with E-state index >= 15 is 0 Å². The minimum atomic E-state index is -1.42. The zero-order valence-corrected chi connectivity index (χ0v) is 11.6. The van der Waals surface area contributed by atoms with E-state index in [9.17, 15) is 9.59 Å². The summed E-state index contributed by atoms with van der Waals surface area (Å²) in [6, 6.07) is 5.04. The van der Waals surface area contributed by atoms with Crippen LogP contribution in [0.1, 0.15) is 28.3 Å². The lowest BCUT2D eigenvalue weighted by molar-refractivity contribution is -0.131. The lowest BCUT2D eigenvalue weighted by Crippen LogP contribution is -2.14. The van der Waals surface area contributed by atoms with Crippen LogP contribution in [-0.4, -0.2) is 41.9 Å². The van der Waals surface area contributed by atoms with Crippen LogP contribution in [-0.2, 0) is 4.79 Å². The van der Waals surface area contributed by atoms with E-state index in [0.29, 0.717) is 5.92 Å². The molecular formula is C13H14BrNO3. The summed E-state index contributed by atoms with van der Waals surface area (Å²) in [5.41, 5.74) is 1.35. The second kappa shape index (κ2) is 5.20. The first-order chi connectivity index (χ1) is 8.49. The first kappa shape index (κ1) is 13.2. The first-order valence-corrected chi connectivity index (χ1v) is 6.54. The summed E-state index contributed by atoms with van der Waals surface area (Å²) in [4.78, 5) is 24.2. The molecule has 96 valence electrons. The molecule has 4 nitrogen and oxygen atoms in total. The molecule has 1 aromatic rings. The van der Waals surface area contributed by atoms with E-state index in [1.54, 1.807) is 12.1 Å². The van der Waals surface area contributed by atoms with E-state index in [4.69, 9.17) is 5.11 Å². The Bertz CT molecular complexity index is 501. The van der Waals surface area contributed by atoms with Crippen molar-refractivity contribution < 1.29 is 14.7 Å². The maximum Gasteiger partial charge on any atom is 0.377 e. The number of halogens is 1. The summed E-state index contributed by atoms with van der Waals surface area (Å²) in [6.07, 6.45) is 1.08. The number of carbonyl (C=O) groups is 2. The normalized spacial score (nSPS) is 20.0. The number of aliphatic carboxylic acids is 1. The molecule has 0 saturated carbocycles. The zero-order chi connectivity index (χ0) is 13.3. The molecule has 1 unspecified atom stereocenters. The largest absolute Gasteiger partial charge is 0.475 e. The van der Waals surface area contributed by atoms with E-state index < -0.39 is 11.8 Å². The van der Waals surface area contributed by atoms with Crippen LogP contribution < -0.4 is 0 Å². The van der Waals surface area contributed by atoms with E-state index in [0.717, 1.165) is 29.5 Å². The summed E-state index contributed by atoms with van der Waals surface area (Å²) in [5, 5.41) is 8.67. The van der Waals surface area contributed by atoms with Crippen molar-refractivity contribution in [1.29, 1.82) is 0 Å². The summed E-state index contributed by atoms with van der Waals surface area (Å²) in [5.74, 6) is -1.85. The van der Waals surface area contributed by atoms with E-state index in [1.807, 2.05) is 6.07 Å². The third-order valence-electron chi connectivity index (χ3n) is 3.29. The van der Waals surface area contributed by atoms with Crippen molar-refractivity contribution in [1.82, 2.24) is 4.90 Å². The van der Waals surface area contributed by atoms with Crippen LogP contribution in [0.2, 0.25) is 0 Å². The number of carboxylic acid groups (broad SMARTS) is 1. The fourth-order valence-electron chi connectivity index (χ4n) is 2.31. The Kier molecular flexibility index (Phi) is 3.82. The topological polar surface area (TPSA) is 57.6 Å². The molecule has 1 saturated heterocycles. The summed E-state index contributed by atoms with van der Waals surface area (Å²) >= 11 is 3.43. The predicted octanol–water partition coefficient (Wildman–Crippen LogP) is 2.14. The lowest BCUT2D eigenvalue weighted by Gasteiger charge is -2.13. The van der Waals surface area contributed by atoms with Gasteiger partial charge in [0.2, 0.25) is 0 Å². The summed E-state index contributed by atoms with van der Waals surface area (Å²) in [6.45, 7) is 2.05. The monoisotopic (exact) mass is 311 g/mol. The van der Waals surface area contributed by atoms with Crippen molar-refractivity contribution in [2.24, 2.45) is 0 Å². The molecule has 18 heavy (non-hydrogen) atoms. The van der Waals surface area contributed by atoms with E-state index in [-0.39, 0.29) is 5.56 Å². The van der Waals surface area contributed by atoms with Crippen LogP contribution in [0.4, 0.5) is 0 Å². The van der Waals surface area contributed by atoms with Crippen LogP contribution in [0.25, 0.3) is 0 Å². The smallest absolute Gasteiger partial charge is 0.377 e. The molecule has 1 N–H and O–H groups in total. The van der Waals surface area contributed by atoms with Crippen molar-refractivity contribution in [2.45, 2.75) is 12.3 Å². The van der Waals surface area contributed by atoms with Gasteiger partial charge in [-0.3, -0.25) is 4.79 Å². The van der Waals surface area contributed by atoms with Gasteiger partial charge in [-0.15, -0.1) is 0 Å². The van der Waals surface area contributed by atoms with Crippen LogP contribution in [0.15, 0.2) is 22.7 Å². The molecule has 1 aromatic carbocycles. The minimum Gasteiger partial charge on any atom is -0.475 e. The number of nitrogens with zero attached hydrogens (tertiary/aromatic N) is 1. The van der Waals surface area contributed by atoms with Gasteiger partial charge in [0, 0.05) is 16.6 Å². The maximum absolute atomic E-state index is 11.4. The molecular weight excluding hydrogens is 298 g/mol. The molecule has 0 radical (unpaired) electrons. The van der Waals surface area contributed by atoms with E-state index in [2.05, 4.69) is 27.9 Å². The molecule has 1 heterocycles. The number of Topliss-reactive ketones (excluding diaryl/α,β-unsaturated/α-hetero) is 1. The van der Waals surface area contributed by atoms with Gasteiger partial charge in [-0.2, -0.15) is 0 Å². The Labute approximate surface area is 114 Å². The average Bonchev–Trinajstić information content (AvgIpc) is 2.74. The van der Waals surface area contributed by atoms with Gasteiger partial charge in [0.1, 0.15) is 0 Å². The number of benzene rings is 1. The molecule has 1 aliphatic rings. The van der Waals surface area contributed by atoms with Gasteiger partial charge in [-0.1, -0.05) is 28.1 Å². The van der Waals surface area contributed by atoms with Crippen LogP contribution in [0.3, 0.4) is 0 Å². The second-order valence-corrected chi connectivity index (χ2v) is 5.47. The van der Waals surface area contributed by atoms with Crippen LogP contribution >= 0.6 is 15.9 Å². The second-order valence-electron chi connectivity index (χ2n) is 4.62. The Balaban J connectivity index is 2.25. The number of hydrogen-bond acceptors (Lipinski definition) is 3. The first-order valence-electron chi connectivity index (χ1n) is 5.74. The highest BCUT2D eigenvalue weighted by Crippen LogP contribution is 2.32. The lowest BCUT2D eigenvalue weighted by atomic mass is 9.96. The summed E-state index contributed by atoms with van der Waals surface area (Å²) in [7, 11) is 2.08. The molecule has 1 atom stereocenters. The van der Waals surface area contributed by atoms with Crippen molar-refractivity contribution in [3.8, 4) is 0 Å². The zero-order valence-electron chi connectivity index (χ0n) is 10.0. The van der Waals surface area contributed by atoms with Crippen molar-refractivity contribution in [2.75, 3.05) is 20.1 Å². The highest BCUT2D eigenvalue weighted by molar-refractivity contribution is 9.10. The van der Waals surface area contributed by atoms with Gasteiger partial charge in [0.25, 0.3) is 5.78 Å². The van der Waals surface area contributed by atoms with Crippen molar-refractivity contribution in [3.05, 3.63) is 33.8 Å². The molecule has 0 bridgehead atoms. The Morgan fingerprint density at radius 1 is 1.44 bits per heavy atom. The predicted molar refractivity (Wildman–Crippen MR) is 71.0 cm³/mol. The van der Waals surface area contributed by atoms with Crippen LogP contribution in [0, 0.1) is 0 Å². The maximum atomic E-state index is 11.4. The Morgan fingerprint density at radius 3 is 2.67 bits per heavy atom. The number of ketones is 1. The number of carboxylic acids is 1. The SMILES string of the molecule is CN1CCC(c2ccc(C(=O)C(=O)O)cc2Br)C1. The minimum absolute atomic E-state index is 0.212. The number of carbonyl (C=O) groups excluding carboxylic acids is 1. The molecule has 0 aliphatic carbocycles. The third kappa shape index (κ3) is 2.62. The van der Waals surface area contributed by atoms with Crippen molar-refractivity contribution >= 4 is 27.7 Å². The molecule has 0 aromatic heterocycles. The highest BCUT2D eigenvalue weighted by Gasteiger charge is 2.24. The van der Waals surface area contributed by atoms with Gasteiger partial charge in [0.05, 0.1) is 0 Å². The van der Waals surface area contributed by atoms with Crippen LogP contribution in [0.5, 0.6) is 0 Å². The van der Waals surface area contributed by atoms with Gasteiger partial charge in [-0.05, 0) is 37.6 Å². The van der Waals surface area contributed by atoms with Gasteiger partial charge < -0.3 is 10.0 Å². The number of likely N-dealkylation sites (N-methyl/N-ethyl adjacent to an activating group) is 1. The molecule has 0 amide bonds. The molecule has 1 fully saturated rings. The molecule has 1 aliphatic heterocycles. The quantitative estimate of drug-likeness (QED) is 0.686. The summed E-state index contributed by atoms with van der Waals surface area (Å²) < 4.78 is 0.815. The number of rotatable bonds is 3. The third-order valence-corrected chi connectivity index (χ3v) is 3.97. The average molecular weight is 312 g/mol. The van der Waals surface area contributed by atoms with Gasteiger partial charge in [0.15, 0.2) is 0 Å². The standard InChI is InChI=1S/C13H14BrNO3/c1-15-5-4-9(7-15)10-3-2-8(6-11(10)14)12(16)13(17)18/h2-3,6,9H,4-5,7H2,1H3,(H,17,18). The fourth-order valence-corrected chi connectivity index (χ4v) is 3.01. The number of hydrogen-bond donors (Lipinski definition) is 1. The Hall–Kier alpha value is -1.20. The molecule has 5 heteroatoms.